The van der Waals surface area contributed by atoms with Crippen LogP contribution >= 0.6 is 23.5 Å². The summed E-state index contributed by atoms with van der Waals surface area (Å²) < 4.78 is 38.0. The van der Waals surface area contributed by atoms with Crippen molar-refractivity contribution in [2.24, 2.45) is 0 Å². The molecule has 136 valence electrons. The number of alkyl halides is 3. The minimum Gasteiger partial charge on any atom is -0.368 e. The molecule has 12 heteroatoms. The van der Waals surface area contributed by atoms with Crippen molar-refractivity contribution in [3.05, 3.63) is 29.5 Å². The number of nitriles is 1. The van der Waals surface area contributed by atoms with E-state index in [9.17, 15) is 23.2 Å². The molecule has 0 aliphatic carbocycles. The summed E-state index contributed by atoms with van der Waals surface area (Å²) in [6, 6.07) is 3.49. The van der Waals surface area contributed by atoms with Crippen LogP contribution in [0.2, 0.25) is 0 Å². The lowest BCUT2D eigenvalue weighted by atomic mass is 10.2. The lowest BCUT2D eigenvalue weighted by Gasteiger charge is -2.09. The Balaban J connectivity index is 2.09. The van der Waals surface area contributed by atoms with Gasteiger partial charge in [0.2, 0.25) is 11.9 Å². The molecule has 0 bridgehead atoms. The predicted octanol–water partition coefficient (Wildman–Crippen LogP) is 2.80. The number of carbonyl (C=O) groups excluding carboxylic acids is 1. The van der Waals surface area contributed by atoms with Crippen LogP contribution in [0.25, 0.3) is 0 Å². The molecule has 26 heavy (non-hydrogen) atoms. The monoisotopic (exact) mass is 400 g/mol. The first-order valence-electron chi connectivity index (χ1n) is 6.82. The topological polar surface area (TPSA) is 118 Å². The number of hydrogen-bond acceptors (Lipinski definition) is 8. The Hall–Kier alpha value is -2.52. The summed E-state index contributed by atoms with van der Waals surface area (Å²) in [6.07, 6.45) is -1.87. The summed E-state index contributed by atoms with van der Waals surface area (Å²) in [7, 11) is 0. The number of nitrogen functional groups attached to an aromatic ring is 1. The van der Waals surface area contributed by atoms with Gasteiger partial charge in [0.05, 0.1) is 11.3 Å². The first-order chi connectivity index (χ1) is 12.2. The minimum absolute atomic E-state index is 0.0456. The molecule has 0 unspecified atom stereocenters. The zero-order chi connectivity index (χ0) is 19.3. The van der Waals surface area contributed by atoms with Gasteiger partial charge >= 0.3 is 6.18 Å². The van der Waals surface area contributed by atoms with Gasteiger partial charge < -0.3 is 11.1 Å². The maximum Gasteiger partial charge on any atom is 0.416 e. The first-order valence-corrected chi connectivity index (χ1v) is 9.03. The Morgan fingerprint density at radius 3 is 2.69 bits per heavy atom. The van der Waals surface area contributed by atoms with Crippen molar-refractivity contribution in [2.75, 3.05) is 23.1 Å². The lowest BCUT2D eigenvalue weighted by Crippen LogP contribution is -2.16. The number of anilines is 2. The number of carbonyl (C=O) groups is 1. The molecule has 0 fully saturated rings. The van der Waals surface area contributed by atoms with Crippen molar-refractivity contribution in [1.82, 2.24) is 15.0 Å². The van der Waals surface area contributed by atoms with Gasteiger partial charge in [-0.1, -0.05) is 11.8 Å². The highest BCUT2D eigenvalue weighted by atomic mass is 32.2. The fourth-order valence-corrected chi connectivity index (χ4v) is 3.15. The Kier molecular flexibility index (Phi) is 6.27. The van der Waals surface area contributed by atoms with Crippen molar-refractivity contribution in [3.8, 4) is 6.07 Å². The molecule has 0 saturated heterocycles. The highest BCUT2D eigenvalue weighted by Crippen LogP contribution is 2.30. The number of nitrogens with two attached hydrogens (primary N) is 1. The molecular weight excluding hydrogens is 389 g/mol. The van der Waals surface area contributed by atoms with Crippen LogP contribution < -0.4 is 11.1 Å². The molecule has 1 amide bonds. The molecule has 2 heterocycles. The standard InChI is InChI=1S/C14H11F3N6OS2/c1-25-11-8(5-18)12(23-13(19)22-11)26-6-10(24)21-9-4-7(2-3-20-9)14(15,16)17/h2-4H,6H2,1H3,(H2,19,22,23)(H,20,21,24). The number of halogens is 3. The summed E-state index contributed by atoms with van der Waals surface area (Å²) in [5.74, 6) is -1.07. The van der Waals surface area contributed by atoms with Gasteiger partial charge in [-0.3, -0.25) is 4.79 Å². The zero-order valence-electron chi connectivity index (χ0n) is 13.2. The highest BCUT2D eigenvalue weighted by molar-refractivity contribution is 8.00. The van der Waals surface area contributed by atoms with E-state index in [1.165, 1.54) is 11.8 Å². The summed E-state index contributed by atoms with van der Waals surface area (Å²) in [4.78, 5) is 23.5. The van der Waals surface area contributed by atoms with Crippen LogP contribution in [0.4, 0.5) is 24.9 Å². The number of nitrogens with one attached hydrogen (secondary N) is 1. The number of amides is 1. The van der Waals surface area contributed by atoms with Crippen molar-refractivity contribution in [1.29, 1.82) is 5.26 Å². The van der Waals surface area contributed by atoms with E-state index >= 15 is 0 Å². The van der Waals surface area contributed by atoms with Crippen LogP contribution in [0.15, 0.2) is 28.4 Å². The van der Waals surface area contributed by atoms with E-state index in [1.807, 2.05) is 6.07 Å². The number of thioether (sulfide) groups is 2. The molecule has 3 N–H and O–H groups in total. The first kappa shape index (κ1) is 19.8. The van der Waals surface area contributed by atoms with Crippen molar-refractivity contribution in [3.63, 3.8) is 0 Å². The summed E-state index contributed by atoms with van der Waals surface area (Å²) >= 11 is 2.13. The van der Waals surface area contributed by atoms with Gasteiger partial charge in [0.1, 0.15) is 27.5 Å². The Labute approximate surface area is 154 Å². The molecular formula is C14H11F3N6OS2. The SMILES string of the molecule is CSc1nc(N)nc(SCC(=O)Nc2cc(C(F)(F)F)ccn2)c1C#N. The second kappa shape index (κ2) is 8.24. The quantitative estimate of drug-likeness (QED) is 0.581. The van der Waals surface area contributed by atoms with Crippen LogP contribution in [-0.2, 0) is 11.0 Å². The fourth-order valence-electron chi connectivity index (χ4n) is 1.77. The highest BCUT2D eigenvalue weighted by Gasteiger charge is 2.30. The smallest absolute Gasteiger partial charge is 0.368 e. The van der Waals surface area contributed by atoms with Crippen LogP contribution in [0, 0.1) is 11.3 Å². The number of aromatic nitrogens is 3. The molecule has 0 radical (unpaired) electrons. The van der Waals surface area contributed by atoms with Gasteiger partial charge in [0, 0.05) is 6.20 Å². The molecule has 7 nitrogen and oxygen atoms in total. The number of hydrogen-bond donors (Lipinski definition) is 2. The number of nitrogens with zero attached hydrogens (tertiary/aromatic N) is 4. The molecule has 0 aliphatic heterocycles. The Morgan fingerprint density at radius 2 is 2.08 bits per heavy atom. The van der Waals surface area contributed by atoms with E-state index in [4.69, 9.17) is 5.73 Å². The molecule has 2 aromatic heterocycles. The van der Waals surface area contributed by atoms with Gasteiger partial charge in [-0.15, -0.1) is 11.8 Å². The maximum atomic E-state index is 12.7. The average Bonchev–Trinajstić information content (AvgIpc) is 2.58. The third-order valence-electron chi connectivity index (χ3n) is 2.86. The molecule has 0 spiro atoms. The fraction of sp³-hybridized carbons (Fsp3) is 0.214. The van der Waals surface area contributed by atoms with E-state index in [-0.39, 0.29) is 28.1 Å². The van der Waals surface area contributed by atoms with Crippen LogP contribution in [0.5, 0.6) is 0 Å². The third-order valence-corrected chi connectivity index (χ3v) is 4.52. The molecule has 0 aliphatic rings. The largest absolute Gasteiger partial charge is 0.416 e. The molecule has 0 aromatic carbocycles. The van der Waals surface area contributed by atoms with Gasteiger partial charge in [0.25, 0.3) is 0 Å². The van der Waals surface area contributed by atoms with Crippen LogP contribution in [-0.4, -0.2) is 32.9 Å². The molecule has 2 aromatic rings. The molecule has 0 atom stereocenters. The number of rotatable bonds is 5. The maximum absolute atomic E-state index is 12.7. The molecule has 2 rings (SSSR count). The minimum atomic E-state index is -4.54. The average molecular weight is 400 g/mol. The van der Waals surface area contributed by atoms with Crippen molar-refractivity contribution < 1.29 is 18.0 Å². The number of pyridine rings is 1. The van der Waals surface area contributed by atoms with Gasteiger partial charge in [-0.25, -0.2) is 15.0 Å². The lowest BCUT2D eigenvalue weighted by molar-refractivity contribution is -0.137. The Bertz CT molecular complexity index is 869. The summed E-state index contributed by atoms with van der Waals surface area (Å²) in [5, 5.41) is 12.1. The van der Waals surface area contributed by atoms with Gasteiger partial charge in [-0.2, -0.15) is 18.4 Å². The molecule has 0 saturated carbocycles. The van der Waals surface area contributed by atoms with Crippen LogP contribution in [0.1, 0.15) is 11.1 Å². The summed E-state index contributed by atoms with van der Waals surface area (Å²) in [6.45, 7) is 0. The predicted molar refractivity (Wildman–Crippen MR) is 91.5 cm³/mol. The van der Waals surface area contributed by atoms with Gasteiger partial charge in [-0.05, 0) is 18.4 Å². The summed E-state index contributed by atoms with van der Waals surface area (Å²) in [5.41, 5.74) is 4.83. The van der Waals surface area contributed by atoms with E-state index < -0.39 is 17.6 Å². The Morgan fingerprint density at radius 1 is 1.38 bits per heavy atom. The van der Waals surface area contributed by atoms with Crippen molar-refractivity contribution in [2.45, 2.75) is 16.2 Å². The normalized spacial score (nSPS) is 11.0. The van der Waals surface area contributed by atoms with E-state index in [0.29, 0.717) is 5.03 Å². The van der Waals surface area contributed by atoms with E-state index in [2.05, 4.69) is 20.3 Å². The van der Waals surface area contributed by atoms with E-state index in [0.717, 1.165) is 30.1 Å². The zero-order valence-corrected chi connectivity index (χ0v) is 14.8. The second-order valence-electron chi connectivity index (χ2n) is 4.65. The second-order valence-corrected chi connectivity index (χ2v) is 6.41. The van der Waals surface area contributed by atoms with E-state index in [1.54, 1.807) is 6.26 Å². The van der Waals surface area contributed by atoms with Crippen LogP contribution in [0.3, 0.4) is 0 Å². The third kappa shape index (κ3) is 4.99. The van der Waals surface area contributed by atoms with Crippen molar-refractivity contribution >= 4 is 41.2 Å². The van der Waals surface area contributed by atoms with Gasteiger partial charge in [0.15, 0.2) is 0 Å².